The Bertz CT molecular complexity index is 452. The second kappa shape index (κ2) is 3.98. The summed E-state index contributed by atoms with van der Waals surface area (Å²) in [6.45, 7) is 0. The van der Waals surface area contributed by atoms with E-state index >= 15 is 0 Å². The molecule has 14 heavy (non-hydrogen) atoms. The molecule has 4 nitrogen and oxygen atoms in total. The summed E-state index contributed by atoms with van der Waals surface area (Å²) in [7, 11) is -3.78. The molecule has 76 valence electrons. The van der Waals surface area contributed by atoms with E-state index in [-0.39, 0.29) is 5.56 Å². The van der Waals surface area contributed by atoms with Crippen LogP contribution in [0.15, 0.2) is 24.3 Å². The Hall–Kier alpha value is -1.07. The largest absolute Gasteiger partial charge is 0.353 e. The molecule has 0 aliphatic heterocycles. The summed E-state index contributed by atoms with van der Waals surface area (Å²) in [4.78, 5) is 11.2. The third kappa shape index (κ3) is 3.35. The topological polar surface area (TPSA) is 60.4 Å². The maximum absolute atomic E-state index is 11.2. The predicted molar refractivity (Wildman–Crippen MR) is 51.7 cm³/mol. The molecular weight excluding hydrogens is 228 g/mol. The van der Waals surface area contributed by atoms with Gasteiger partial charge in [0, 0.05) is 5.02 Å². The van der Waals surface area contributed by atoms with Crippen LogP contribution < -0.4 is 0 Å². The van der Waals surface area contributed by atoms with Crippen LogP contribution in [-0.4, -0.2) is 20.6 Å². The van der Waals surface area contributed by atoms with Gasteiger partial charge >= 0.3 is 16.1 Å². The highest BCUT2D eigenvalue weighted by atomic mass is 35.5. The van der Waals surface area contributed by atoms with Crippen molar-refractivity contribution in [2.24, 2.45) is 0 Å². The second-order valence-corrected chi connectivity index (χ2v) is 4.60. The molecule has 0 aromatic heterocycles. The van der Waals surface area contributed by atoms with Crippen molar-refractivity contribution in [3.05, 3.63) is 34.9 Å². The van der Waals surface area contributed by atoms with E-state index in [1.165, 1.54) is 18.2 Å². The van der Waals surface area contributed by atoms with Crippen molar-refractivity contribution in [1.29, 1.82) is 0 Å². The normalized spacial score (nSPS) is 11.0. The molecule has 0 bridgehead atoms. The molecule has 0 fully saturated rings. The Balaban J connectivity index is 2.91. The first-order chi connectivity index (χ1) is 6.38. The van der Waals surface area contributed by atoms with Crippen LogP contribution in [0, 0.1) is 0 Å². The quantitative estimate of drug-likeness (QED) is 0.727. The zero-order valence-electron chi connectivity index (χ0n) is 7.23. The minimum absolute atomic E-state index is 0.0999. The minimum atomic E-state index is -3.78. The average molecular weight is 235 g/mol. The molecule has 0 N–H and O–H groups in total. The molecule has 6 heteroatoms. The minimum Gasteiger partial charge on any atom is -0.341 e. The van der Waals surface area contributed by atoms with Gasteiger partial charge in [0.05, 0.1) is 11.8 Å². The summed E-state index contributed by atoms with van der Waals surface area (Å²) >= 11 is 5.60. The zero-order chi connectivity index (χ0) is 10.8. The van der Waals surface area contributed by atoms with Gasteiger partial charge in [-0.3, -0.25) is 0 Å². The summed E-state index contributed by atoms with van der Waals surface area (Å²) in [6, 6.07) is 5.84. The summed E-state index contributed by atoms with van der Waals surface area (Å²) in [5, 5.41) is 0.341. The van der Waals surface area contributed by atoms with Crippen molar-refractivity contribution < 1.29 is 17.4 Å². The molecule has 0 aliphatic rings. The number of hydrogen-bond donors (Lipinski definition) is 0. The second-order valence-electron chi connectivity index (χ2n) is 2.59. The van der Waals surface area contributed by atoms with Crippen molar-refractivity contribution in [3.63, 3.8) is 0 Å². The molecule has 0 amide bonds. The summed E-state index contributed by atoms with van der Waals surface area (Å²) in [6.07, 6.45) is 0.801. The molecule has 0 saturated carbocycles. The maximum atomic E-state index is 11.2. The van der Waals surface area contributed by atoms with Crippen molar-refractivity contribution in [1.82, 2.24) is 0 Å². The molecule has 0 atom stereocenters. The van der Waals surface area contributed by atoms with Crippen LogP contribution in [0.25, 0.3) is 0 Å². The van der Waals surface area contributed by atoms with Gasteiger partial charge in [-0.05, 0) is 18.2 Å². The lowest BCUT2D eigenvalue weighted by Gasteiger charge is -2.00. The highest BCUT2D eigenvalue weighted by Gasteiger charge is 2.13. The van der Waals surface area contributed by atoms with E-state index in [1.54, 1.807) is 6.07 Å². The van der Waals surface area contributed by atoms with Gasteiger partial charge in [0.1, 0.15) is 0 Å². The van der Waals surface area contributed by atoms with Crippen LogP contribution in [0.1, 0.15) is 10.4 Å². The molecule has 1 aromatic carbocycles. The molecule has 0 spiro atoms. The monoisotopic (exact) mass is 234 g/mol. The van der Waals surface area contributed by atoms with E-state index in [1.807, 2.05) is 0 Å². The van der Waals surface area contributed by atoms with E-state index in [2.05, 4.69) is 4.18 Å². The van der Waals surface area contributed by atoms with Crippen LogP contribution in [0.2, 0.25) is 5.02 Å². The Morgan fingerprint density at radius 1 is 1.43 bits per heavy atom. The maximum Gasteiger partial charge on any atom is 0.353 e. The molecular formula is C8H7ClO4S. The Labute approximate surface area is 86.6 Å². The summed E-state index contributed by atoms with van der Waals surface area (Å²) < 4.78 is 25.4. The first-order valence-electron chi connectivity index (χ1n) is 3.58. The van der Waals surface area contributed by atoms with Crippen molar-refractivity contribution in [3.8, 4) is 0 Å². The fourth-order valence-corrected chi connectivity index (χ4v) is 1.36. The van der Waals surface area contributed by atoms with Crippen LogP contribution in [-0.2, 0) is 14.3 Å². The lowest BCUT2D eigenvalue weighted by molar-refractivity contribution is 0.0748. The zero-order valence-corrected chi connectivity index (χ0v) is 8.80. The Kier molecular flexibility index (Phi) is 3.13. The van der Waals surface area contributed by atoms with E-state index in [4.69, 9.17) is 11.6 Å². The molecule has 0 heterocycles. The van der Waals surface area contributed by atoms with Crippen molar-refractivity contribution in [2.75, 3.05) is 6.26 Å². The first kappa shape index (κ1) is 11.0. The Morgan fingerprint density at radius 2 is 2.07 bits per heavy atom. The van der Waals surface area contributed by atoms with Gasteiger partial charge in [-0.2, -0.15) is 8.42 Å². The van der Waals surface area contributed by atoms with Crippen LogP contribution >= 0.6 is 11.6 Å². The number of carbonyl (C=O) groups is 1. The van der Waals surface area contributed by atoms with E-state index < -0.39 is 16.1 Å². The number of carbonyl (C=O) groups excluding carboxylic acids is 1. The number of halogens is 1. The van der Waals surface area contributed by atoms with E-state index in [9.17, 15) is 13.2 Å². The standard InChI is InChI=1S/C8H7ClO4S/c1-14(11,12)13-8(10)6-3-2-4-7(9)5-6/h2-5H,1H3. The third-order valence-corrected chi connectivity index (χ3v) is 1.98. The van der Waals surface area contributed by atoms with Gasteiger partial charge in [-0.25, -0.2) is 4.79 Å². The van der Waals surface area contributed by atoms with Crippen molar-refractivity contribution >= 4 is 27.7 Å². The van der Waals surface area contributed by atoms with Gasteiger partial charge in [0.25, 0.3) is 0 Å². The lowest BCUT2D eigenvalue weighted by Crippen LogP contribution is -2.11. The van der Waals surface area contributed by atoms with Gasteiger partial charge in [-0.1, -0.05) is 17.7 Å². The molecule has 1 aromatic rings. The molecule has 0 unspecified atom stereocenters. The van der Waals surface area contributed by atoms with E-state index in [0.29, 0.717) is 5.02 Å². The Morgan fingerprint density at radius 3 is 2.57 bits per heavy atom. The third-order valence-electron chi connectivity index (χ3n) is 1.29. The number of benzene rings is 1. The van der Waals surface area contributed by atoms with Crippen LogP contribution in [0.5, 0.6) is 0 Å². The molecule has 1 rings (SSSR count). The average Bonchev–Trinajstić information content (AvgIpc) is 2.01. The number of rotatable bonds is 2. The summed E-state index contributed by atoms with van der Waals surface area (Å²) in [5.74, 6) is -0.935. The van der Waals surface area contributed by atoms with Gasteiger partial charge < -0.3 is 4.18 Å². The van der Waals surface area contributed by atoms with Gasteiger partial charge in [0.15, 0.2) is 0 Å². The van der Waals surface area contributed by atoms with Gasteiger partial charge in [0.2, 0.25) is 0 Å². The molecule has 0 saturated heterocycles. The SMILES string of the molecule is CS(=O)(=O)OC(=O)c1cccc(Cl)c1. The van der Waals surface area contributed by atoms with Gasteiger partial charge in [-0.15, -0.1) is 0 Å². The first-order valence-corrected chi connectivity index (χ1v) is 5.77. The fourth-order valence-electron chi connectivity index (χ4n) is 0.801. The van der Waals surface area contributed by atoms with Crippen LogP contribution in [0.4, 0.5) is 0 Å². The smallest absolute Gasteiger partial charge is 0.341 e. The highest BCUT2D eigenvalue weighted by Crippen LogP contribution is 2.12. The lowest BCUT2D eigenvalue weighted by atomic mass is 10.2. The summed E-state index contributed by atoms with van der Waals surface area (Å²) in [5.41, 5.74) is 0.0999. The predicted octanol–water partition coefficient (Wildman–Crippen LogP) is 1.46. The van der Waals surface area contributed by atoms with Crippen LogP contribution in [0.3, 0.4) is 0 Å². The van der Waals surface area contributed by atoms with Crippen molar-refractivity contribution in [2.45, 2.75) is 0 Å². The molecule has 0 radical (unpaired) electrons. The fraction of sp³-hybridized carbons (Fsp3) is 0.125. The van der Waals surface area contributed by atoms with E-state index in [0.717, 1.165) is 6.26 Å². The molecule has 0 aliphatic carbocycles. The number of hydrogen-bond acceptors (Lipinski definition) is 4. The highest BCUT2D eigenvalue weighted by molar-refractivity contribution is 7.86.